The van der Waals surface area contributed by atoms with Crippen molar-refractivity contribution in [1.82, 2.24) is 20.0 Å². The fourth-order valence-corrected chi connectivity index (χ4v) is 3.88. The molecule has 1 saturated heterocycles. The van der Waals surface area contributed by atoms with Gasteiger partial charge in [-0.25, -0.2) is 14.2 Å². The Morgan fingerprint density at radius 3 is 2.81 bits per heavy atom. The molecule has 0 amide bonds. The maximum Gasteiger partial charge on any atom is 0.361 e. The number of carbonyl (C=O) groups is 1. The summed E-state index contributed by atoms with van der Waals surface area (Å²) in [6.45, 7) is 6.88. The molecule has 4 rings (SSSR count). The first-order valence-electron chi connectivity index (χ1n) is 10.6. The molecule has 1 fully saturated rings. The molecule has 3 heterocycles. The van der Waals surface area contributed by atoms with Crippen LogP contribution in [-0.2, 0) is 11.3 Å². The molecule has 0 bridgehead atoms. The first-order valence-corrected chi connectivity index (χ1v) is 10.6. The van der Waals surface area contributed by atoms with Gasteiger partial charge in [0.2, 0.25) is 5.69 Å². The van der Waals surface area contributed by atoms with Crippen LogP contribution in [0.4, 0.5) is 10.2 Å². The van der Waals surface area contributed by atoms with E-state index < -0.39 is 5.97 Å². The van der Waals surface area contributed by atoms with Gasteiger partial charge in [-0.3, -0.25) is 4.90 Å². The number of esters is 1. The van der Waals surface area contributed by atoms with Crippen molar-refractivity contribution < 1.29 is 18.4 Å². The zero-order valence-electron chi connectivity index (χ0n) is 17.7. The number of rotatable bonds is 7. The standard InChI is InChI=1S/C22H26FN5O3/c1-3-30-22(29)19-18-20(25-14(2)26-21(18)31-27-19)24-12-15-8-10-28(11-9-15)13-16-6-4-5-7-17(16)23/h4-7,15H,3,8-13H2,1-2H3,(H,24,25,26). The summed E-state index contributed by atoms with van der Waals surface area (Å²) in [7, 11) is 0. The quantitative estimate of drug-likeness (QED) is 0.572. The Morgan fingerprint density at radius 2 is 2.06 bits per heavy atom. The molecule has 0 atom stereocenters. The van der Waals surface area contributed by atoms with Gasteiger partial charge in [0.25, 0.3) is 5.71 Å². The van der Waals surface area contributed by atoms with E-state index in [1.54, 1.807) is 19.9 Å². The summed E-state index contributed by atoms with van der Waals surface area (Å²) in [6, 6.07) is 6.93. The Balaban J connectivity index is 1.39. The highest BCUT2D eigenvalue weighted by molar-refractivity contribution is 6.04. The van der Waals surface area contributed by atoms with Crippen LogP contribution < -0.4 is 5.32 Å². The minimum absolute atomic E-state index is 0.0825. The van der Waals surface area contributed by atoms with E-state index >= 15 is 0 Å². The van der Waals surface area contributed by atoms with E-state index in [1.165, 1.54) is 6.07 Å². The lowest BCUT2D eigenvalue weighted by Gasteiger charge is -2.32. The number of piperidine rings is 1. The molecule has 0 radical (unpaired) electrons. The van der Waals surface area contributed by atoms with E-state index in [2.05, 4.69) is 25.3 Å². The lowest BCUT2D eigenvalue weighted by atomic mass is 9.96. The van der Waals surface area contributed by atoms with Crippen LogP contribution in [0.5, 0.6) is 0 Å². The maximum atomic E-state index is 13.9. The van der Waals surface area contributed by atoms with Crippen LogP contribution in [0.15, 0.2) is 28.8 Å². The molecular weight excluding hydrogens is 401 g/mol. The molecule has 1 N–H and O–H groups in total. The molecule has 1 aliphatic heterocycles. The van der Waals surface area contributed by atoms with Gasteiger partial charge >= 0.3 is 5.97 Å². The van der Waals surface area contributed by atoms with E-state index in [-0.39, 0.29) is 23.8 Å². The Kier molecular flexibility index (Phi) is 6.41. The zero-order valence-corrected chi connectivity index (χ0v) is 17.7. The van der Waals surface area contributed by atoms with Crippen molar-refractivity contribution in [3.05, 3.63) is 47.2 Å². The second kappa shape index (κ2) is 9.38. The predicted octanol–water partition coefficient (Wildman–Crippen LogP) is 3.57. The van der Waals surface area contributed by atoms with Crippen molar-refractivity contribution >= 4 is 22.9 Å². The molecule has 164 valence electrons. The number of nitrogens with zero attached hydrogens (tertiary/aromatic N) is 4. The van der Waals surface area contributed by atoms with Crippen molar-refractivity contribution in [1.29, 1.82) is 0 Å². The van der Waals surface area contributed by atoms with E-state index in [0.717, 1.165) is 31.5 Å². The second-order valence-electron chi connectivity index (χ2n) is 7.74. The van der Waals surface area contributed by atoms with E-state index in [4.69, 9.17) is 9.26 Å². The number of ether oxygens (including phenoxy) is 1. The Bertz CT molecular complexity index is 1060. The third-order valence-corrected chi connectivity index (χ3v) is 5.53. The Labute approximate surface area is 179 Å². The van der Waals surface area contributed by atoms with Gasteiger partial charge in [-0.2, -0.15) is 4.98 Å². The van der Waals surface area contributed by atoms with Crippen LogP contribution in [0, 0.1) is 18.7 Å². The molecule has 9 heteroatoms. The summed E-state index contributed by atoms with van der Waals surface area (Å²) in [5.74, 6) is 0.786. The lowest BCUT2D eigenvalue weighted by Crippen LogP contribution is -2.35. The molecule has 1 aromatic carbocycles. The van der Waals surface area contributed by atoms with Crippen molar-refractivity contribution in [2.24, 2.45) is 5.92 Å². The number of fused-ring (bicyclic) bond motifs is 1. The summed E-state index contributed by atoms with van der Waals surface area (Å²) in [5.41, 5.74) is 1.08. The molecule has 2 aromatic heterocycles. The number of halogens is 1. The smallest absolute Gasteiger partial charge is 0.361 e. The Hall–Kier alpha value is -3.07. The summed E-state index contributed by atoms with van der Waals surface area (Å²) in [4.78, 5) is 23.2. The number of nitrogens with one attached hydrogen (secondary N) is 1. The molecule has 3 aromatic rings. The molecule has 0 saturated carbocycles. The minimum Gasteiger partial charge on any atom is -0.461 e. The van der Waals surface area contributed by atoms with Crippen LogP contribution in [0.1, 0.15) is 41.6 Å². The number of benzene rings is 1. The normalized spacial score (nSPS) is 15.3. The highest BCUT2D eigenvalue weighted by Crippen LogP contribution is 2.26. The third kappa shape index (κ3) is 4.82. The Morgan fingerprint density at radius 1 is 1.29 bits per heavy atom. The average Bonchev–Trinajstić information content (AvgIpc) is 3.19. The lowest BCUT2D eigenvalue weighted by molar-refractivity contribution is 0.0517. The topological polar surface area (TPSA) is 93.4 Å². The van der Waals surface area contributed by atoms with Crippen LogP contribution in [0.25, 0.3) is 11.1 Å². The van der Waals surface area contributed by atoms with Gasteiger partial charge in [-0.05, 0) is 51.8 Å². The van der Waals surface area contributed by atoms with Gasteiger partial charge in [-0.15, -0.1) is 0 Å². The number of aromatic nitrogens is 3. The van der Waals surface area contributed by atoms with Gasteiger partial charge in [0.05, 0.1) is 6.61 Å². The van der Waals surface area contributed by atoms with Crippen molar-refractivity contribution in [3.8, 4) is 0 Å². The number of anilines is 1. The van der Waals surface area contributed by atoms with Crippen LogP contribution in [-0.4, -0.2) is 52.2 Å². The number of hydrogen-bond donors (Lipinski definition) is 1. The molecule has 31 heavy (non-hydrogen) atoms. The highest BCUT2D eigenvalue weighted by Gasteiger charge is 2.24. The zero-order chi connectivity index (χ0) is 21.8. The van der Waals surface area contributed by atoms with Gasteiger partial charge in [-0.1, -0.05) is 23.4 Å². The fourth-order valence-electron chi connectivity index (χ4n) is 3.88. The van der Waals surface area contributed by atoms with Gasteiger partial charge in [0.1, 0.15) is 22.8 Å². The van der Waals surface area contributed by atoms with E-state index in [9.17, 15) is 9.18 Å². The predicted molar refractivity (Wildman–Crippen MR) is 113 cm³/mol. The van der Waals surface area contributed by atoms with E-state index in [0.29, 0.717) is 36.0 Å². The fraction of sp³-hybridized carbons (Fsp3) is 0.455. The van der Waals surface area contributed by atoms with Crippen LogP contribution >= 0.6 is 0 Å². The highest BCUT2D eigenvalue weighted by atomic mass is 19.1. The second-order valence-corrected chi connectivity index (χ2v) is 7.74. The first-order chi connectivity index (χ1) is 15.0. The summed E-state index contributed by atoms with van der Waals surface area (Å²) >= 11 is 0. The van der Waals surface area contributed by atoms with Crippen molar-refractivity contribution in [3.63, 3.8) is 0 Å². The van der Waals surface area contributed by atoms with E-state index in [1.807, 2.05) is 12.1 Å². The van der Waals surface area contributed by atoms with Crippen LogP contribution in [0.3, 0.4) is 0 Å². The summed E-state index contributed by atoms with van der Waals surface area (Å²) in [5, 5.41) is 7.64. The van der Waals surface area contributed by atoms with Crippen molar-refractivity contribution in [2.45, 2.75) is 33.2 Å². The molecule has 0 spiro atoms. The number of aryl methyl sites for hydroxylation is 1. The molecule has 8 nitrogen and oxygen atoms in total. The molecular formula is C22H26FN5O3. The number of likely N-dealkylation sites (tertiary alicyclic amines) is 1. The molecule has 0 aliphatic carbocycles. The largest absolute Gasteiger partial charge is 0.461 e. The third-order valence-electron chi connectivity index (χ3n) is 5.53. The van der Waals surface area contributed by atoms with Crippen molar-refractivity contribution in [2.75, 3.05) is 31.6 Å². The van der Waals surface area contributed by atoms with Gasteiger partial charge < -0.3 is 14.6 Å². The summed E-state index contributed by atoms with van der Waals surface area (Å²) < 4.78 is 24.2. The SMILES string of the molecule is CCOC(=O)c1noc2nc(C)nc(NCC3CCN(Cc4ccccc4F)CC3)c12. The van der Waals surface area contributed by atoms with Gasteiger partial charge in [0, 0.05) is 18.7 Å². The minimum atomic E-state index is -0.557. The molecule has 0 unspecified atom stereocenters. The maximum absolute atomic E-state index is 13.9. The average molecular weight is 427 g/mol. The van der Waals surface area contributed by atoms with Gasteiger partial charge in [0.15, 0.2) is 0 Å². The number of hydrogen-bond acceptors (Lipinski definition) is 8. The van der Waals surface area contributed by atoms with Crippen LogP contribution in [0.2, 0.25) is 0 Å². The molecule has 1 aliphatic rings. The number of carbonyl (C=O) groups excluding carboxylic acids is 1. The first kappa shape index (κ1) is 21.2. The monoisotopic (exact) mass is 427 g/mol. The summed E-state index contributed by atoms with van der Waals surface area (Å²) in [6.07, 6.45) is 1.98.